The third kappa shape index (κ3) is 4.81. The molecule has 2 aliphatic rings. The van der Waals surface area contributed by atoms with Gasteiger partial charge in [-0.2, -0.15) is 0 Å². The van der Waals surface area contributed by atoms with Gasteiger partial charge < -0.3 is 24.4 Å². The number of benzene rings is 1. The number of nitrogens with zero attached hydrogens (tertiary/aromatic N) is 1. The van der Waals surface area contributed by atoms with Crippen LogP contribution in [0, 0.1) is 5.92 Å². The molecule has 0 atom stereocenters. The lowest BCUT2D eigenvalue weighted by Crippen LogP contribution is -2.49. The average Bonchev–Trinajstić information content (AvgIpc) is 2.69. The minimum atomic E-state index is 0.0847. The molecule has 0 aliphatic carbocycles. The first-order chi connectivity index (χ1) is 12.7. The van der Waals surface area contributed by atoms with Crippen molar-refractivity contribution in [3.05, 3.63) is 23.8 Å². The van der Waals surface area contributed by atoms with Crippen molar-refractivity contribution in [2.75, 3.05) is 40.5 Å². The summed E-state index contributed by atoms with van der Waals surface area (Å²) in [5.41, 5.74) is 1.26. The molecule has 2 saturated heterocycles. The Hall–Kier alpha value is -1.95. The van der Waals surface area contributed by atoms with Crippen LogP contribution in [0.5, 0.6) is 11.5 Å². The van der Waals surface area contributed by atoms with E-state index in [0.29, 0.717) is 5.92 Å². The third-order valence-electron chi connectivity index (χ3n) is 5.42. The van der Waals surface area contributed by atoms with Gasteiger partial charge in [0.15, 0.2) is 11.5 Å². The molecular formula is C20H30N2O4. The van der Waals surface area contributed by atoms with Crippen molar-refractivity contribution in [1.29, 1.82) is 0 Å². The Labute approximate surface area is 155 Å². The topological polar surface area (TPSA) is 60.0 Å². The molecule has 26 heavy (non-hydrogen) atoms. The van der Waals surface area contributed by atoms with Crippen LogP contribution < -0.4 is 14.8 Å². The maximum absolute atomic E-state index is 12.4. The van der Waals surface area contributed by atoms with Gasteiger partial charge in [-0.3, -0.25) is 0 Å². The summed E-state index contributed by atoms with van der Waals surface area (Å²) in [5.74, 6) is 2.13. The lowest BCUT2D eigenvalue weighted by atomic mass is 9.90. The molecule has 2 fully saturated rings. The first-order valence-corrected chi connectivity index (χ1v) is 9.53. The van der Waals surface area contributed by atoms with Gasteiger partial charge in [0.1, 0.15) is 0 Å². The third-order valence-corrected chi connectivity index (χ3v) is 5.42. The number of urea groups is 1. The highest BCUT2D eigenvalue weighted by molar-refractivity contribution is 5.74. The number of piperidine rings is 1. The number of hydrogen-bond donors (Lipinski definition) is 1. The van der Waals surface area contributed by atoms with Gasteiger partial charge in [-0.1, -0.05) is 6.07 Å². The van der Waals surface area contributed by atoms with Crippen LogP contribution in [0.15, 0.2) is 18.2 Å². The van der Waals surface area contributed by atoms with E-state index in [9.17, 15) is 4.79 Å². The van der Waals surface area contributed by atoms with Crippen molar-refractivity contribution in [1.82, 2.24) is 10.2 Å². The molecule has 2 aliphatic heterocycles. The Morgan fingerprint density at radius 1 is 1.12 bits per heavy atom. The zero-order valence-corrected chi connectivity index (χ0v) is 15.8. The van der Waals surface area contributed by atoms with Crippen molar-refractivity contribution in [2.45, 2.75) is 38.1 Å². The van der Waals surface area contributed by atoms with Crippen LogP contribution in [0.3, 0.4) is 0 Å². The Kier molecular flexibility index (Phi) is 6.61. The number of carbonyl (C=O) groups excluding carboxylic acids is 1. The first-order valence-electron chi connectivity index (χ1n) is 9.53. The van der Waals surface area contributed by atoms with E-state index in [1.54, 1.807) is 14.2 Å². The lowest BCUT2D eigenvalue weighted by Gasteiger charge is -2.34. The normalized spacial score (nSPS) is 19.2. The van der Waals surface area contributed by atoms with Gasteiger partial charge >= 0.3 is 6.03 Å². The number of nitrogens with one attached hydrogen (secondary N) is 1. The van der Waals surface area contributed by atoms with Crippen molar-refractivity contribution in [3.8, 4) is 11.5 Å². The second kappa shape index (κ2) is 9.12. The molecule has 144 valence electrons. The molecule has 1 aromatic rings. The fourth-order valence-corrected chi connectivity index (χ4v) is 3.79. The van der Waals surface area contributed by atoms with Crippen LogP contribution in [0.4, 0.5) is 4.79 Å². The standard InChI is InChI=1S/C20H30N2O4/c1-24-18-4-3-16(14-19(18)25-2)13-15-5-9-22(10-6-15)20(23)21-17-7-11-26-12-8-17/h3-4,14-15,17H,5-13H2,1-2H3,(H,21,23). The molecule has 0 unspecified atom stereocenters. The molecule has 2 amide bonds. The minimum Gasteiger partial charge on any atom is -0.493 e. The number of likely N-dealkylation sites (tertiary alicyclic amines) is 1. The number of ether oxygens (including phenoxy) is 3. The predicted molar refractivity (Wildman–Crippen MR) is 99.9 cm³/mol. The van der Waals surface area contributed by atoms with Gasteiger partial charge in [0.2, 0.25) is 0 Å². The summed E-state index contributed by atoms with van der Waals surface area (Å²) < 4.78 is 16.0. The highest BCUT2D eigenvalue weighted by Crippen LogP contribution is 2.30. The van der Waals surface area contributed by atoms with Crippen LogP contribution in [0.2, 0.25) is 0 Å². The Morgan fingerprint density at radius 3 is 2.46 bits per heavy atom. The largest absolute Gasteiger partial charge is 0.493 e. The molecular weight excluding hydrogens is 332 g/mol. The fraction of sp³-hybridized carbons (Fsp3) is 0.650. The van der Waals surface area contributed by atoms with Crippen LogP contribution in [-0.2, 0) is 11.2 Å². The highest BCUT2D eigenvalue weighted by Gasteiger charge is 2.25. The second-order valence-electron chi connectivity index (χ2n) is 7.16. The van der Waals surface area contributed by atoms with Gasteiger partial charge in [-0.15, -0.1) is 0 Å². The van der Waals surface area contributed by atoms with Gasteiger partial charge in [0, 0.05) is 32.3 Å². The van der Waals surface area contributed by atoms with E-state index in [-0.39, 0.29) is 12.1 Å². The summed E-state index contributed by atoms with van der Waals surface area (Å²) in [6.07, 6.45) is 4.92. The quantitative estimate of drug-likeness (QED) is 0.875. The van der Waals surface area contributed by atoms with Gasteiger partial charge in [0.05, 0.1) is 14.2 Å². The highest BCUT2D eigenvalue weighted by atomic mass is 16.5. The van der Waals surface area contributed by atoms with Crippen molar-refractivity contribution >= 4 is 6.03 Å². The van der Waals surface area contributed by atoms with Gasteiger partial charge in [-0.25, -0.2) is 4.79 Å². The Morgan fingerprint density at radius 2 is 1.81 bits per heavy atom. The lowest BCUT2D eigenvalue weighted by molar-refractivity contribution is 0.0771. The summed E-state index contributed by atoms with van der Waals surface area (Å²) >= 11 is 0. The maximum atomic E-state index is 12.4. The fourth-order valence-electron chi connectivity index (χ4n) is 3.79. The average molecular weight is 362 g/mol. The van der Waals surface area contributed by atoms with E-state index in [4.69, 9.17) is 14.2 Å². The summed E-state index contributed by atoms with van der Waals surface area (Å²) in [7, 11) is 3.32. The zero-order valence-electron chi connectivity index (χ0n) is 15.8. The molecule has 6 heteroatoms. The number of rotatable bonds is 5. The molecule has 0 spiro atoms. The smallest absolute Gasteiger partial charge is 0.317 e. The van der Waals surface area contributed by atoms with E-state index in [2.05, 4.69) is 17.4 Å². The van der Waals surface area contributed by atoms with Crippen LogP contribution >= 0.6 is 0 Å². The monoisotopic (exact) mass is 362 g/mol. The molecule has 1 aromatic carbocycles. The second-order valence-corrected chi connectivity index (χ2v) is 7.16. The Bertz CT molecular complexity index is 593. The van der Waals surface area contributed by atoms with E-state index < -0.39 is 0 Å². The molecule has 0 radical (unpaired) electrons. The van der Waals surface area contributed by atoms with Crippen molar-refractivity contribution in [3.63, 3.8) is 0 Å². The number of hydrogen-bond acceptors (Lipinski definition) is 4. The Balaban J connectivity index is 1.46. The van der Waals surface area contributed by atoms with Crippen LogP contribution in [0.1, 0.15) is 31.2 Å². The van der Waals surface area contributed by atoms with Crippen molar-refractivity contribution in [2.24, 2.45) is 5.92 Å². The molecule has 0 bridgehead atoms. The maximum Gasteiger partial charge on any atom is 0.317 e. The molecule has 1 N–H and O–H groups in total. The van der Waals surface area contributed by atoms with E-state index in [0.717, 1.165) is 69.9 Å². The van der Waals surface area contributed by atoms with Crippen molar-refractivity contribution < 1.29 is 19.0 Å². The predicted octanol–water partition coefficient (Wildman–Crippen LogP) is 2.85. The molecule has 2 heterocycles. The number of methoxy groups -OCH3 is 2. The summed E-state index contributed by atoms with van der Waals surface area (Å²) in [4.78, 5) is 14.4. The zero-order chi connectivity index (χ0) is 18.4. The van der Waals surface area contributed by atoms with Crippen LogP contribution in [-0.4, -0.2) is 57.5 Å². The summed E-state index contributed by atoms with van der Waals surface area (Å²) in [6, 6.07) is 6.47. The van der Waals surface area contributed by atoms with Gasteiger partial charge in [0.25, 0.3) is 0 Å². The first kappa shape index (κ1) is 18.8. The van der Waals surface area contributed by atoms with Crippen LogP contribution in [0.25, 0.3) is 0 Å². The molecule has 3 rings (SSSR count). The summed E-state index contributed by atoms with van der Waals surface area (Å²) in [5, 5.41) is 3.16. The number of carbonyl (C=O) groups is 1. The molecule has 6 nitrogen and oxygen atoms in total. The molecule has 0 saturated carbocycles. The SMILES string of the molecule is COc1ccc(CC2CCN(C(=O)NC3CCOCC3)CC2)cc1OC. The number of amides is 2. The minimum absolute atomic E-state index is 0.0847. The molecule has 0 aromatic heterocycles. The summed E-state index contributed by atoms with van der Waals surface area (Å²) in [6.45, 7) is 3.15. The van der Waals surface area contributed by atoms with E-state index in [1.807, 2.05) is 11.0 Å². The van der Waals surface area contributed by atoms with E-state index >= 15 is 0 Å². The van der Waals surface area contributed by atoms with E-state index in [1.165, 1.54) is 5.56 Å². The van der Waals surface area contributed by atoms with Gasteiger partial charge in [-0.05, 0) is 55.7 Å².